The van der Waals surface area contributed by atoms with Crippen LogP contribution in [0.4, 0.5) is 0 Å². The summed E-state index contributed by atoms with van der Waals surface area (Å²) in [6.07, 6.45) is 11.5. The van der Waals surface area contributed by atoms with Gasteiger partial charge in [-0.15, -0.1) is 0 Å². The van der Waals surface area contributed by atoms with Crippen LogP contribution in [0.25, 0.3) is 0 Å². The van der Waals surface area contributed by atoms with E-state index in [0.717, 1.165) is 22.3 Å². The van der Waals surface area contributed by atoms with Gasteiger partial charge in [0.05, 0.1) is 0 Å². The van der Waals surface area contributed by atoms with Gasteiger partial charge in [0.25, 0.3) is 0 Å². The van der Waals surface area contributed by atoms with Crippen LogP contribution in [-0.2, 0) is 0 Å². The van der Waals surface area contributed by atoms with E-state index in [2.05, 4.69) is 26.3 Å². The first-order valence-corrected chi connectivity index (χ1v) is 5.20. The van der Waals surface area contributed by atoms with Gasteiger partial charge in [-0.2, -0.15) is 0 Å². The molecule has 0 aliphatic heterocycles. The molecule has 0 atom stereocenters. The van der Waals surface area contributed by atoms with E-state index in [-0.39, 0.29) is 0 Å². The first kappa shape index (κ1) is 14.2. The maximum Gasteiger partial charge on any atom is -0.0196 e. The predicted molar refractivity (Wildman–Crippen MR) is 75.3 cm³/mol. The van der Waals surface area contributed by atoms with Gasteiger partial charge < -0.3 is 0 Å². The lowest BCUT2D eigenvalue weighted by atomic mass is 10.0. The molecule has 0 N–H and O–H groups in total. The third kappa shape index (κ3) is 5.16. The fourth-order valence-electron chi connectivity index (χ4n) is 0.946. The van der Waals surface area contributed by atoms with Crippen molar-refractivity contribution >= 4 is 0 Å². The van der Waals surface area contributed by atoms with Gasteiger partial charge in [0.1, 0.15) is 0 Å². The molecule has 0 fully saturated rings. The monoisotopic (exact) mass is 212 g/mol. The summed E-state index contributed by atoms with van der Waals surface area (Å²) in [5, 5.41) is 0. The third-order valence-electron chi connectivity index (χ3n) is 2.09. The summed E-state index contributed by atoms with van der Waals surface area (Å²) in [5.41, 5.74) is 3.79. The highest BCUT2D eigenvalue weighted by atomic mass is 14.0. The molecule has 0 aromatic heterocycles. The number of hydrogen-bond donors (Lipinski definition) is 0. The minimum Gasteiger partial charge on any atom is -0.0984 e. The minimum atomic E-state index is 0.913. The maximum absolute atomic E-state index is 3.98. The summed E-state index contributed by atoms with van der Waals surface area (Å²) in [6.45, 7) is 19.3. The lowest BCUT2D eigenvalue weighted by molar-refractivity contribution is 1.46. The molecular weight excluding hydrogens is 192 g/mol. The molecule has 0 nitrogen and oxygen atoms in total. The Hall–Kier alpha value is -1.82. The summed E-state index contributed by atoms with van der Waals surface area (Å²) in [4.78, 5) is 0. The molecule has 0 unspecified atom stereocenters. The molecule has 0 aromatic carbocycles. The molecule has 16 heavy (non-hydrogen) atoms. The van der Waals surface area contributed by atoms with Crippen LogP contribution < -0.4 is 0 Å². The van der Waals surface area contributed by atoms with Gasteiger partial charge in [0, 0.05) is 0 Å². The zero-order valence-corrected chi connectivity index (χ0v) is 10.3. The Kier molecular flexibility index (Phi) is 6.62. The minimum absolute atomic E-state index is 0.913. The van der Waals surface area contributed by atoms with Crippen LogP contribution in [0.2, 0.25) is 0 Å². The van der Waals surface area contributed by atoms with Crippen LogP contribution in [0.1, 0.15) is 13.8 Å². The van der Waals surface area contributed by atoms with Crippen LogP contribution >= 0.6 is 0 Å². The normalized spacial score (nSPS) is 12.0. The van der Waals surface area contributed by atoms with Gasteiger partial charge in [-0.3, -0.25) is 0 Å². The van der Waals surface area contributed by atoms with Crippen molar-refractivity contribution in [2.24, 2.45) is 0 Å². The fraction of sp³-hybridized carbons (Fsp3) is 0.125. The van der Waals surface area contributed by atoms with Gasteiger partial charge in [0.2, 0.25) is 0 Å². The van der Waals surface area contributed by atoms with Crippen molar-refractivity contribution in [3.63, 3.8) is 0 Å². The Balaban J connectivity index is 4.74. The van der Waals surface area contributed by atoms with E-state index < -0.39 is 0 Å². The van der Waals surface area contributed by atoms with Crippen molar-refractivity contribution in [2.45, 2.75) is 13.8 Å². The van der Waals surface area contributed by atoms with E-state index in [4.69, 9.17) is 0 Å². The van der Waals surface area contributed by atoms with Gasteiger partial charge >= 0.3 is 0 Å². The summed E-state index contributed by atoms with van der Waals surface area (Å²) in [7, 11) is 0. The Morgan fingerprint density at radius 3 is 2.00 bits per heavy atom. The van der Waals surface area contributed by atoms with Crippen LogP contribution in [0.3, 0.4) is 0 Å². The molecule has 0 heterocycles. The highest BCUT2D eigenvalue weighted by Crippen LogP contribution is 2.13. The molecule has 0 rings (SSSR count). The Morgan fingerprint density at radius 1 is 1.00 bits per heavy atom. The smallest absolute Gasteiger partial charge is 0.0196 e. The molecule has 0 saturated carbocycles. The first-order valence-electron chi connectivity index (χ1n) is 5.20. The fourth-order valence-corrected chi connectivity index (χ4v) is 0.946. The highest BCUT2D eigenvalue weighted by Gasteiger charge is 1.94. The third-order valence-corrected chi connectivity index (χ3v) is 2.09. The van der Waals surface area contributed by atoms with E-state index >= 15 is 0 Å². The van der Waals surface area contributed by atoms with E-state index in [1.807, 2.05) is 44.2 Å². The second kappa shape index (κ2) is 7.47. The van der Waals surface area contributed by atoms with Gasteiger partial charge in [-0.1, -0.05) is 68.3 Å². The Bertz CT molecular complexity index is 384. The summed E-state index contributed by atoms with van der Waals surface area (Å²) in [6, 6.07) is 0. The quantitative estimate of drug-likeness (QED) is 0.548. The molecule has 0 radical (unpaired) electrons. The van der Waals surface area contributed by atoms with Gasteiger partial charge in [0.15, 0.2) is 0 Å². The summed E-state index contributed by atoms with van der Waals surface area (Å²) in [5.74, 6) is 0. The Morgan fingerprint density at radius 2 is 1.56 bits per heavy atom. The predicted octanol–water partition coefficient (Wildman–Crippen LogP) is 4.92. The molecule has 0 aromatic rings. The second-order valence-electron chi connectivity index (χ2n) is 3.52. The topological polar surface area (TPSA) is 0 Å². The van der Waals surface area contributed by atoms with Crippen LogP contribution in [-0.4, -0.2) is 0 Å². The van der Waals surface area contributed by atoms with Crippen LogP contribution in [0.15, 0.2) is 85.1 Å². The van der Waals surface area contributed by atoms with Crippen molar-refractivity contribution in [3.05, 3.63) is 85.1 Å². The highest BCUT2D eigenvalue weighted by molar-refractivity contribution is 5.48. The molecule has 0 heteroatoms. The lowest BCUT2D eigenvalue weighted by Gasteiger charge is -2.01. The first-order chi connectivity index (χ1) is 7.52. The molecule has 0 amide bonds. The molecule has 0 spiro atoms. The van der Waals surface area contributed by atoms with Gasteiger partial charge in [-0.05, 0) is 30.6 Å². The van der Waals surface area contributed by atoms with E-state index in [0.29, 0.717) is 0 Å². The average Bonchev–Trinajstić information content (AvgIpc) is 2.26. The summed E-state index contributed by atoms with van der Waals surface area (Å²) >= 11 is 0. The van der Waals surface area contributed by atoms with Crippen molar-refractivity contribution in [2.75, 3.05) is 0 Å². The molecular formula is C16H20. The number of allylic oxidation sites excluding steroid dienone is 10. The zero-order valence-electron chi connectivity index (χ0n) is 10.3. The zero-order chi connectivity index (χ0) is 12.6. The molecule has 0 saturated heterocycles. The lowest BCUT2D eigenvalue weighted by Crippen LogP contribution is -1.81. The van der Waals surface area contributed by atoms with Crippen LogP contribution in [0.5, 0.6) is 0 Å². The van der Waals surface area contributed by atoms with Crippen molar-refractivity contribution in [1.29, 1.82) is 0 Å². The second-order valence-corrected chi connectivity index (χ2v) is 3.52. The van der Waals surface area contributed by atoms with E-state index in [1.54, 1.807) is 6.08 Å². The molecule has 0 bridgehead atoms. The van der Waals surface area contributed by atoms with E-state index in [9.17, 15) is 0 Å². The van der Waals surface area contributed by atoms with E-state index in [1.165, 1.54) is 0 Å². The molecule has 0 aliphatic rings. The van der Waals surface area contributed by atoms with Crippen molar-refractivity contribution in [3.8, 4) is 0 Å². The maximum atomic E-state index is 3.98. The summed E-state index contributed by atoms with van der Waals surface area (Å²) < 4.78 is 0. The van der Waals surface area contributed by atoms with Crippen molar-refractivity contribution < 1.29 is 0 Å². The van der Waals surface area contributed by atoms with Crippen molar-refractivity contribution in [1.82, 2.24) is 0 Å². The molecule has 0 aliphatic carbocycles. The Labute approximate surface area is 99.4 Å². The SMILES string of the molecule is C=C/C(=C\C=C/C)C(=C)/C=C\C(=C)C(=C)C. The molecule has 84 valence electrons. The van der Waals surface area contributed by atoms with Crippen LogP contribution in [0, 0.1) is 0 Å². The number of rotatable bonds is 6. The van der Waals surface area contributed by atoms with Gasteiger partial charge in [-0.25, -0.2) is 0 Å². The average molecular weight is 212 g/mol. The standard InChI is InChI=1S/C16H20/c1-7-9-10-16(8-2)15(6)12-11-14(5)13(3)4/h7-12H,2-3,5-6H2,1,4H3/b9-7-,12-11-,16-10+. The number of hydrogen-bond acceptors (Lipinski definition) is 0. The largest absolute Gasteiger partial charge is 0.0984 e.